The average Bonchev–Trinajstić information content (AvgIpc) is 2.71. The van der Waals surface area contributed by atoms with Gasteiger partial charge in [-0.1, -0.05) is 13.8 Å². The van der Waals surface area contributed by atoms with Crippen LogP contribution < -0.4 is 33.2 Å². The van der Waals surface area contributed by atoms with Crippen molar-refractivity contribution in [1.82, 2.24) is 16.0 Å². The average molecular weight is 506 g/mol. The molecule has 4 atom stereocenters. The first kappa shape index (κ1) is 30.9. The molecule has 0 radical (unpaired) electrons. The summed E-state index contributed by atoms with van der Waals surface area (Å²) in [5.41, 5.74) is 15.9. The van der Waals surface area contributed by atoms with Crippen molar-refractivity contribution in [2.75, 3.05) is 12.3 Å². The van der Waals surface area contributed by atoms with Crippen LogP contribution in [0.5, 0.6) is 0 Å². The lowest BCUT2D eigenvalue weighted by Gasteiger charge is -2.25. The second-order valence-corrected chi connectivity index (χ2v) is 8.35. The number of hydrogen-bond acceptors (Lipinski definition) is 8. The third-order valence-corrected chi connectivity index (χ3v) is 4.81. The van der Waals surface area contributed by atoms with Gasteiger partial charge in [0.05, 0.1) is 12.5 Å². The fourth-order valence-corrected chi connectivity index (χ4v) is 3.02. The maximum atomic E-state index is 12.8. The first-order valence-electron chi connectivity index (χ1n) is 10.6. The molecular weight excluding hydrogens is 470 g/mol. The molecule has 3 amide bonds. The number of amides is 3. The molecule has 0 heterocycles. The monoisotopic (exact) mass is 505 g/mol. The highest BCUT2D eigenvalue weighted by Crippen LogP contribution is 2.08. The normalized spacial score (nSPS) is 14.3. The van der Waals surface area contributed by atoms with E-state index in [0.29, 0.717) is 6.42 Å². The van der Waals surface area contributed by atoms with Gasteiger partial charge in [0.1, 0.15) is 18.1 Å². The molecule has 0 bridgehead atoms. The third-order valence-electron chi connectivity index (χ3n) is 4.45. The molecule has 0 rings (SSSR count). The summed E-state index contributed by atoms with van der Waals surface area (Å²) >= 11 is 4.02. The van der Waals surface area contributed by atoms with Gasteiger partial charge in [-0.15, -0.1) is 0 Å². The number of rotatable bonds is 16. The molecule has 0 saturated carbocycles. The molecule has 15 heteroatoms. The molecule has 0 aromatic rings. The summed E-state index contributed by atoms with van der Waals surface area (Å²) in [5.74, 6) is -5.23. The maximum absolute atomic E-state index is 12.8. The minimum atomic E-state index is -1.38. The van der Waals surface area contributed by atoms with Crippen molar-refractivity contribution in [3.05, 3.63) is 0 Å². The molecule has 34 heavy (non-hydrogen) atoms. The lowest BCUT2D eigenvalue weighted by atomic mass is 10.0. The van der Waals surface area contributed by atoms with Crippen LogP contribution in [0.2, 0.25) is 0 Å². The zero-order chi connectivity index (χ0) is 26.4. The Bertz CT molecular complexity index is 759. The Morgan fingerprint density at radius 1 is 0.912 bits per heavy atom. The Kier molecular flexibility index (Phi) is 14.3. The number of nitrogens with zero attached hydrogens (tertiary/aromatic N) is 1. The van der Waals surface area contributed by atoms with Gasteiger partial charge in [-0.2, -0.15) is 12.6 Å². The Balaban J connectivity index is 5.25. The van der Waals surface area contributed by atoms with Crippen molar-refractivity contribution in [1.29, 1.82) is 0 Å². The highest BCUT2D eigenvalue weighted by atomic mass is 32.1. The Labute approximate surface area is 202 Å². The number of aliphatic imine (C=N–C) groups is 1. The van der Waals surface area contributed by atoms with E-state index in [1.807, 2.05) is 0 Å². The van der Waals surface area contributed by atoms with Crippen LogP contribution in [0.3, 0.4) is 0 Å². The van der Waals surface area contributed by atoms with Gasteiger partial charge in [-0.05, 0) is 25.2 Å². The number of nitrogens with two attached hydrogens (primary N) is 3. The number of hydrogen-bond donors (Lipinski definition) is 9. The quantitative estimate of drug-likeness (QED) is 0.0456. The van der Waals surface area contributed by atoms with Gasteiger partial charge in [-0.3, -0.25) is 24.2 Å². The Morgan fingerprint density at radius 3 is 1.91 bits per heavy atom. The maximum Gasteiger partial charge on any atom is 0.326 e. The molecule has 0 aliphatic rings. The number of guanidine groups is 1. The van der Waals surface area contributed by atoms with E-state index in [4.69, 9.17) is 22.3 Å². The van der Waals surface area contributed by atoms with Gasteiger partial charge in [0.2, 0.25) is 17.7 Å². The first-order chi connectivity index (χ1) is 15.8. The van der Waals surface area contributed by atoms with Crippen LogP contribution in [0.25, 0.3) is 0 Å². The highest BCUT2D eigenvalue weighted by Gasteiger charge is 2.30. The molecule has 0 spiro atoms. The van der Waals surface area contributed by atoms with Gasteiger partial charge >= 0.3 is 11.9 Å². The van der Waals surface area contributed by atoms with Crippen molar-refractivity contribution < 1.29 is 34.2 Å². The summed E-state index contributed by atoms with van der Waals surface area (Å²) < 4.78 is 0. The standard InChI is InChI=1S/C19H35N7O7S/c1-9(2)6-12(16(30)24-11(18(32)33)4-3-5-23-19(21)22)25-17(31)13(8-34)26-15(29)10(20)7-14(27)28/h9-13,34H,3-8,20H2,1-2H3,(H,24,30)(H,25,31)(H,26,29)(H,27,28)(H,32,33)(H4,21,22,23). The second-order valence-electron chi connectivity index (χ2n) is 7.99. The molecule has 194 valence electrons. The van der Waals surface area contributed by atoms with Crippen molar-refractivity contribution in [2.24, 2.45) is 28.1 Å². The summed E-state index contributed by atoms with van der Waals surface area (Å²) in [5, 5.41) is 25.3. The van der Waals surface area contributed by atoms with Crippen LogP contribution in [-0.2, 0) is 24.0 Å². The number of thiol groups is 1. The lowest BCUT2D eigenvalue weighted by molar-refractivity contribution is -0.142. The summed E-state index contributed by atoms with van der Waals surface area (Å²) in [4.78, 5) is 63.5. The van der Waals surface area contributed by atoms with E-state index < -0.39 is 60.2 Å². The number of carbonyl (C=O) groups is 5. The van der Waals surface area contributed by atoms with Crippen LogP contribution in [0.15, 0.2) is 4.99 Å². The van der Waals surface area contributed by atoms with E-state index in [-0.39, 0.29) is 37.0 Å². The van der Waals surface area contributed by atoms with Gasteiger partial charge in [0, 0.05) is 12.3 Å². The van der Waals surface area contributed by atoms with Crippen LogP contribution in [0.1, 0.15) is 39.5 Å². The molecule has 14 nitrogen and oxygen atoms in total. The summed E-state index contributed by atoms with van der Waals surface area (Å²) in [6, 6.07) is -4.91. The third kappa shape index (κ3) is 12.8. The zero-order valence-corrected chi connectivity index (χ0v) is 20.1. The van der Waals surface area contributed by atoms with Crippen molar-refractivity contribution >= 4 is 48.2 Å². The van der Waals surface area contributed by atoms with Gasteiger partial charge in [0.25, 0.3) is 0 Å². The number of carboxylic acid groups (broad SMARTS) is 2. The number of aliphatic carboxylic acids is 2. The minimum Gasteiger partial charge on any atom is -0.481 e. The van der Waals surface area contributed by atoms with E-state index in [0.717, 1.165) is 0 Å². The lowest BCUT2D eigenvalue weighted by Crippen LogP contribution is -2.58. The second kappa shape index (κ2) is 15.7. The van der Waals surface area contributed by atoms with E-state index in [1.54, 1.807) is 13.8 Å². The van der Waals surface area contributed by atoms with E-state index >= 15 is 0 Å². The predicted octanol–water partition coefficient (Wildman–Crippen LogP) is -2.64. The van der Waals surface area contributed by atoms with Crippen molar-refractivity contribution in [3.63, 3.8) is 0 Å². The van der Waals surface area contributed by atoms with Crippen molar-refractivity contribution in [3.8, 4) is 0 Å². The highest BCUT2D eigenvalue weighted by molar-refractivity contribution is 7.80. The van der Waals surface area contributed by atoms with Crippen LogP contribution in [0, 0.1) is 5.92 Å². The predicted molar refractivity (Wildman–Crippen MR) is 127 cm³/mol. The molecule has 0 fully saturated rings. The Hall–Kier alpha value is -3.07. The van der Waals surface area contributed by atoms with Gasteiger partial charge in [0.15, 0.2) is 5.96 Å². The Morgan fingerprint density at radius 2 is 1.44 bits per heavy atom. The summed E-state index contributed by atoms with van der Waals surface area (Å²) in [7, 11) is 0. The van der Waals surface area contributed by atoms with Crippen molar-refractivity contribution in [2.45, 2.75) is 63.7 Å². The fraction of sp³-hybridized carbons (Fsp3) is 0.684. The van der Waals surface area contributed by atoms with E-state index in [2.05, 4.69) is 33.6 Å². The van der Waals surface area contributed by atoms with Crippen LogP contribution in [0.4, 0.5) is 0 Å². The summed E-state index contributed by atoms with van der Waals surface area (Å²) in [6.45, 7) is 3.79. The smallest absolute Gasteiger partial charge is 0.326 e. The van der Waals surface area contributed by atoms with Crippen LogP contribution in [-0.4, -0.2) is 82.3 Å². The number of carbonyl (C=O) groups excluding carboxylic acids is 3. The SMILES string of the molecule is CC(C)CC(NC(=O)C(CS)NC(=O)C(N)CC(=O)O)C(=O)NC(CCCN=C(N)N)C(=O)O. The topological polar surface area (TPSA) is 252 Å². The van der Waals surface area contributed by atoms with E-state index in [9.17, 15) is 29.1 Å². The fourth-order valence-electron chi connectivity index (χ4n) is 2.76. The minimum absolute atomic E-state index is 0.0470. The number of carboxylic acids is 2. The largest absolute Gasteiger partial charge is 0.481 e. The first-order valence-corrected chi connectivity index (χ1v) is 11.2. The van der Waals surface area contributed by atoms with Gasteiger partial charge in [-0.25, -0.2) is 4.79 Å². The summed E-state index contributed by atoms with van der Waals surface area (Å²) in [6.07, 6.45) is -0.105. The molecule has 0 saturated heterocycles. The molecular formula is C19H35N7O7S. The van der Waals surface area contributed by atoms with E-state index in [1.165, 1.54) is 0 Å². The van der Waals surface area contributed by atoms with Crippen LogP contribution >= 0.6 is 12.6 Å². The number of nitrogens with one attached hydrogen (secondary N) is 3. The molecule has 0 aliphatic heterocycles. The van der Waals surface area contributed by atoms with Gasteiger partial charge < -0.3 is 43.4 Å². The molecule has 0 aromatic carbocycles. The zero-order valence-electron chi connectivity index (χ0n) is 19.2. The molecule has 0 aromatic heterocycles. The molecule has 11 N–H and O–H groups in total. The molecule has 0 aliphatic carbocycles. The molecule has 4 unspecified atom stereocenters.